The van der Waals surface area contributed by atoms with Crippen molar-refractivity contribution in [2.75, 3.05) is 37.7 Å². The molecule has 240 valence electrons. The Balaban J connectivity index is 1.62. The summed E-state index contributed by atoms with van der Waals surface area (Å²) in [6, 6.07) is 10.4. The van der Waals surface area contributed by atoms with Gasteiger partial charge in [0, 0.05) is 30.2 Å². The Labute approximate surface area is 268 Å². The number of nitro benzene ring substituents is 1. The minimum Gasteiger partial charge on any atom is -0.480 e. The van der Waals surface area contributed by atoms with Crippen molar-refractivity contribution in [3.05, 3.63) is 67.6 Å². The molecular weight excluding hydrogens is 664 g/mol. The Bertz CT molecular complexity index is 1320. The molecule has 0 bridgehead atoms. The summed E-state index contributed by atoms with van der Waals surface area (Å²) < 4.78 is 16.8. The lowest BCUT2D eigenvalue weighted by Crippen LogP contribution is -2.56. The van der Waals surface area contributed by atoms with Crippen molar-refractivity contribution in [3.8, 4) is 0 Å². The molecule has 15 heteroatoms. The van der Waals surface area contributed by atoms with Crippen molar-refractivity contribution in [2.24, 2.45) is 0 Å². The van der Waals surface area contributed by atoms with E-state index in [-0.39, 0.29) is 55.2 Å². The summed E-state index contributed by atoms with van der Waals surface area (Å²) in [5.74, 6) is -1.29. The fourth-order valence-electron chi connectivity index (χ4n) is 4.31. The van der Waals surface area contributed by atoms with Gasteiger partial charge in [-0.25, -0.2) is 14.4 Å². The number of carbonyl (C=O) groups is 3. The van der Waals surface area contributed by atoms with Gasteiger partial charge >= 0.3 is 18.2 Å². The number of benzene rings is 2. The van der Waals surface area contributed by atoms with Crippen LogP contribution in [0.25, 0.3) is 0 Å². The first-order valence-electron chi connectivity index (χ1n) is 13.9. The van der Waals surface area contributed by atoms with E-state index in [1.807, 2.05) is 6.07 Å². The molecule has 2 N–H and O–H groups in total. The molecule has 0 unspecified atom stereocenters. The minimum absolute atomic E-state index is 0.00791. The van der Waals surface area contributed by atoms with Crippen LogP contribution in [-0.2, 0) is 25.6 Å². The number of carbonyl (C=O) groups excluding carboxylic acids is 2. The molecule has 0 spiro atoms. The van der Waals surface area contributed by atoms with Gasteiger partial charge in [0.1, 0.15) is 23.9 Å². The molecule has 0 saturated carbocycles. The Morgan fingerprint density at radius 3 is 2.50 bits per heavy atom. The predicted molar refractivity (Wildman–Crippen MR) is 166 cm³/mol. The average molecular weight is 700 g/mol. The smallest absolute Gasteiger partial charge is 0.410 e. The summed E-state index contributed by atoms with van der Waals surface area (Å²) in [7, 11) is 0. The molecule has 1 fully saturated rings. The van der Waals surface area contributed by atoms with Gasteiger partial charge in [-0.3, -0.25) is 10.1 Å². The number of rotatable bonds is 14. The number of likely N-dealkylation sites (tertiary alicyclic amines) is 1. The number of ether oxygens (including phenoxy) is 3. The largest absolute Gasteiger partial charge is 0.480 e. The minimum atomic E-state index is -1.33. The van der Waals surface area contributed by atoms with E-state index in [1.54, 1.807) is 49.9 Å². The van der Waals surface area contributed by atoms with Crippen molar-refractivity contribution in [1.29, 1.82) is 0 Å². The second kappa shape index (κ2) is 15.9. The summed E-state index contributed by atoms with van der Waals surface area (Å²) in [6.45, 7) is 6.62. The molecule has 13 nitrogen and oxygen atoms in total. The van der Waals surface area contributed by atoms with Crippen LogP contribution >= 0.6 is 27.5 Å². The number of nitro groups is 1. The van der Waals surface area contributed by atoms with Gasteiger partial charge in [-0.2, -0.15) is 0 Å². The zero-order valence-corrected chi connectivity index (χ0v) is 27.0. The summed E-state index contributed by atoms with van der Waals surface area (Å²) >= 11 is 9.68. The van der Waals surface area contributed by atoms with E-state index in [4.69, 9.17) is 25.8 Å². The van der Waals surface area contributed by atoms with Crippen LogP contribution < -0.4 is 10.2 Å². The Kier molecular flexibility index (Phi) is 12.6. The monoisotopic (exact) mass is 698 g/mol. The molecule has 1 heterocycles. The molecule has 2 aromatic rings. The lowest BCUT2D eigenvalue weighted by Gasteiger charge is -2.39. The Morgan fingerprint density at radius 1 is 1.20 bits per heavy atom. The normalized spacial score (nSPS) is 13.9. The van der Waals surface area contributed by atoms with Crippen molar-refractivity contribution in [1.82, 2.24) is 10.2 Å². The molecule has 1 aliphatic heterocycles. The zero-order chi connectivity index (χ0) is 32.4. The maximum absolute atomic E-state index is 12.3. The number of carboxylic acid groups (broad SMARTS) is 1. The van der Waals surface area contributed by atoms with Gasteiger partial charge < -0.3 is 34.4 Å². The van der Waals surface area contributed by atoms with E-state index >= 15 is 0 Å². The zero-order valence-electron chi connectivity index (χ0n) is 24.7. The van der Waals surface area contributed by atoms with Gasteiger partial charge in [-0.15, -0.1) is 0 Å². The van der Waals surface area contributed by atoms with Crippen molar-refractivity contribution in [3.63, 3.8) is 0 Å². The average Bonchev–Trinajstić information content (AvgIpc) is 2.90. The van der Waals surface area contributed by atoms with Gasteiger partial charge in [-0.1, -0.05) is 57.9 Å². The van der Waals surface area contributed by atoms with Crippen molar-refractivity contribution >= 4 is 57.1 Å². The third-order valence-corrected chi connectivity index (χ3v) is 7.18. The Morgan fingerprint density at radius 2 is 1.89 bits per heavy atom. The van der Waals surface area contributed by atoms with Crippen LogP contribution in [0.5, 0.6) is 0 Å². The molecule has 2 aromatic carbocycles. The topological polar surface area (TPSA) is 161 Å². The summed E-state index contributed by atoms with van der Waals surface area (Å²) in [5, 5.41) is 24.1. The predicted octanol–water partition coefficient (Wildman–Crippen LogP) is 5.61. The van der Waals surface area contributed by atoms with Crippen LogP contribution in [-0.4, -0.2) is 83.6 Å². The van der Waals surface area contributed by atoms with Gasteiger partial charge in [-0.05, 0) is 45.2 Å². The number of amides is 2. The number of halogens is 2. The number of nitrogens with zero attached hydrogens (tertiary/aromatic N) is 3. The number of hydrogen-bond acceptors (Lipinski definition) is 9. The van der Waals surface area contributed by atoms with Crippen LogP contribution in [0.4, 0.5) is 21.0 Å². The maximum atomic E-state index is 12.3. The van der Waals surface area contributed by atoms with Gasteiger partial charge in [0.2, 0.25) is 0 Å². The fourth-order valence-corrected chi connectivity index (χ4v) is 5.23. The van der Waals surface area contributed by atoms with E-state index in [0.717, 1.165) is 5.56 Å². The van der Waals surface area contributed by atoms with Gasteiger partial charge in [0.05, 0.1) is 29.1 Å². The molecule has 44 heavy (non-hydrogen) atoms. The lowest BCUT2D eigenvalue weighted by molar-refractivity contribution is -0.384. The first kappa shape index (κ1) is 34.9. The number of anilines is 1. The third-order valence-electron chi connectivity index (χ3n) is 6.44. The molecule has 1 saturated heterocycles. The summed E-state index contributed by atoms with van der Waals surface area (Å²) in [4.78, 5) is 51.0. The van der Waals surface area contributed by atoms with Crippen LogP contribution in [0.1, 0.15) is 39.2 Å². The van der Waals surface area contributed by atoms with Crippen molar-refractivity contribution < 1.29 is 38.6 Å². The first-order chi connectivity index (χ1) is 20.7. The van der Waals surface area contributed by atoms with E-state index in [1.165, 1.54) is 17.0 Å². The number of carboxylic acids is 1. The highest BCUT2D eigenvalue weighted by Gasteiger charge is 2.34. The second-order valence-corrected chi connectivity index (χ2v) is 12.4. The number of aliphatic carboxylic acids is 1. The van der Waals surface area contributed by atoms with E-state index in [2.05, 4.69) is 21.2 Å². The first-order valence-corrected chi connectivity index (χ1v) is 15.1. The fraction of sp³-hybridized carbons (Fsp3) is 0.483. The van der Waals surface area contributed by atoms with E-state index in [0.29, 0.717) is 24.0 Å². The standard InChI is InChI=1S/C29H36BrClN4O9/c1-29(2,3)44-28(39)34-16-21(17-34)42-13-7-11-33(25-22(31)14-20(30)15-24(25)35(40)41)12-10-23(26(36)37)32-27(38)43-18-19-8-5-4-6-9-19/h4-6,8-9,14-15,21,23H,7,10-13,16-18H2,1-3H3,(H,32,38)(H,36,37)/t23-/m0/s1. The number of alkyl carbamates (subject to hydrolysis) is 1. The molecule has 0 radical (unpaired) electrons. The number of hydrogen-bond donors (Lipinski definition) is 2. The Hall–Kier alpha value is -3.62. The van der Waals surface area contributed by atoms with Crippen molar-refractivity contribution in [2.45, 2.75) is 58.0 Å². The highest BCUT2D eigenvalue weighted by Crippen LogP contribution is 2.39. The highest BCUT2D eigenvalue weighted by atomic mass is 79.9. The van der Waals surface area contributed by atoms with Crippen LogP contribution in [0.2, 0.25) is 5.02 Å². The molecular formula is C29H36BrClN4O9. The molecule has 0 aliphatic carbocycles. The van der Waals surface area contributed by atoms with Crippen LogP contribution in [0.15, 0.2) is 46.9 Å². The summed E-state index contributed by atoms with van der Waals surface area (Å²) in [6.07, 6.45) is -1.19. The highest BCUT2D eigenvalue weighted by molar-refractivity contribution is 9.10. The quantitative estimate of drug-likeness (QED) is 0.144. The SMILES string of the molecule is CC(C)(C)OC(=O)N1CC(OCCCN(CC[C@H](NC(=O)OCc2ccccc2)C(=O)O)c2c(Cl)cc(Br)cc2[N+](=O)[O-])C1. The molecule has 3 rings (SSSR count). The second-order valence-electron chi connectivity index (χ2n) is 11.1. The molecule has 0 aromatic heterocycles. The van der Waals surface area contributed by atoms with Crippen LogP contribution in [0.3, 0.4) is 0 Å². The van der Waals surface area contributed by atoms with Crippen LogP contribution in [0, 0.1) is 10.1 Å². The number of nitrogens with one attached hydrogen (secondary N) is 1. The third kappa shape index (κ3) is 10.8. The molecule has 2 amide bonds. The van der Waals surface area contributed by atoms with Gasteiger partial charge in [0.25, 0.3) is 5.69 Å². The van der Waals surface area contributed by atoms with E-state index in [9.17, 15) is 29.6 Å². The summed E-state index contributed by atoms with van der Waals surface area (Å²) in [5.41, 5.74) is -0.00420. The van der Waals surface area contributed by atoms with Gasteiger partial charge in [0.15, 0.2) is 0 Å². The molecule has 1 aliphatic rings. The van der Waals surface area contributed by atoms with E-state index < -0.39 is 34.7 Å². The maximum Gasteiger partial charge on any atom is 0.410 e. The molecule has 1 atom stereocenters. The lowest BCUT2D eigenvalue weighted by atomic mass is 10.1.